The minimum atomic E-state index is -0.819. The van der Waals surface area contributed by atoms with Crippen LogP contribution in [0.2, 0.25) is 5.02 Å². The van der Waals surface area contributed by atoms with Crippen LogP contribution in [-0.4, -0.2) is 27.4 Å². The Labute approximate surface area is 139 Å². The molecule has 1 aromatic carbocycles. The third-order valence-electron chi connectivity index (χ3n) is 4.10. The summed E-state index contributed by atoms with van der Waals surface area (Å²) in [6, 6.07) is 8.64. The second kappa shape index (κ2) is 7.15. The molecule has 6 heteroatoms. The van der Waals surface area contributed by atoms with Gasteiger partial charge >= 0.3 is 0 Å². The van der Waals surface area contributed by atoms with E-state index in [1.807, 2.05) is 0 Å². The Morgan fingerprint density at radius 3 is 2.83 bits per heavy atom. The van der Waals surface area contributed by atoms with E-state index in [0.29, 0.717) is 16.7 Å². The molecule has 0 bridgehead atoms. The van der Waals surface area contributed by atoms with Gasteiger partial charge in [-0.25, -0.2) is 4.98 Å². The molecule has 1 saturated carbocycles. The summed E-state index contributed by atoms with van der Waals surface area (Å²) in [4.78, 5) is 16.4. The number of aromatic nitrogens is 2. The Kier molecular flexibility index (Phi) is 4.98. The fourth-order valence-corrected chi connectivity index (χ4v) is 2.72. The van der Waals surface area contributed by atoms with E-state index in [1.165, 1.54) is 17.3 Å². The Hall–Kier alpha value is -1.85. The topological polar surface area (TPSA) is 64.4 Å². The molecule has 5 nitrogen and oxygen atoms in total. The maximum absolute atomic E-state index is 12.1. The van der Waals surface area contributed by atoms with Gasteiger partial charge in [0.25, 0.3) is 5.56 Å². The van der Waals surface area contributed by atoms with E-state index in [1.54, 1.807) is 30.3 Å². The lowest BCUT2D eigenvalue weighted by molar-refractivity contribution is 0.0913. The maximum Gasteiger partial charge on any atom is 0.253 e. The van der Waals surface area contributed by atoms with Gasteiger partial charge in [-0.1, -0.05) is 30.2 Å². The fourth-order valence-electron chi connectivity index (χ4n) is 2.53. The second-order valence-corrected chi connectivity index (χ2v) is 6.23. The molecular weight excluding hydrogens is 316 g/mol. The minimum absolute atomic E-state index is 0.0561. The van der Waals surface area contributed by atoms with Crippen LogP contribution in [0.1, 0.15) is 30.9 Å². The number of ether oxygens (including phenoxy) is 1. The maximum atomic E-state index is 12.1. The van der Waals surface area contributed by atoms with Crippen molar-refractivity contribution >= 4 is 11.6 Å². The summed E-state index contributed by atoms with van der Waals surface area (Å²) in [6.45, 7) is 0.196. The summed E-state index contributed by atoms with van der Waals surface area (Å²) >= 11 is 5.99. The lowest BCUT2D eigenvalue weighted by atomic mass is 9.83. The lowest BCUT2D eigenvalue weighted by Gasteiger charge is -2.24. The van der Waals surface area contributed by atoms with Gasteiger partial charge in [0.1, 0.15) is 18.5 Å². The standard InChI is InChI=1S/C17H19ClN2O3/c18-14-6-1-2-7-16(14)23-10-13(21)9-20-11-19-15(8-17(20)22)12-4-3-5-12/h1-2,6-8,11-13,21H,3-5,9-10H2/t13-/m1/s1. The van der Waals surface area contributed by atoms with Gasteiger partial charge in [-0.05, 0) is 25.0 Å². The van der Waals surface area contributed by atoms with E-state index in [2.05, 4.69) is 4.98 Å². The number of rotatable bonds is 6. The summed E-state index contributed by atoms with van der Waals surface area (Å²) < 4.78 is 6.89. The highest BCUT2D eigenvalue weighted by Crippen LogP contribution is 2.34. The van der Waals surface area contributed by atoms with Crippen molar-refractivity contribution in [2.24, 2.45) is 0 Å². The highest BCUT2D eigenvalue weighted by Gasteiger charge is 2.21. The second-order valence-electron chi connectivity index (χ2n) is 5.83. The summed E-state index contributed by atoms with van der Waals surface area (Å²) in [6.07, 6.45) is 4.10. The van der Waals surface area contributed by atoms with Crippen LogP contribution in [0.15, 0.2) is 41.5 Å². The first kappa shape index (κ1) is 16.0. The number of aliphatic hydroxyl groups is 1. The van der Waals surface area contributed by atoms with Crippen LogP contribution in [0, 0.1) is 0 Å². The lowest BCUT2D eigenvalue weighted by Crippen LogP contribution is -2.31. The molecule has 0 unspecified atom stereocenters. The van der Waals surface area contributed by atoms with Crippen molar-refractivity contribution < 1.29 is 9.84 Å². The molecule has 1 fully saturated rings. The molecule has 1 heterocycles. The van der Waals surface area contributed by atoms with Crippen molar-refractivity contribution in [2.75, 3.05) is 6.61 Å². The Bertz CT molecular complexity index is 728. The minimum Gasteiger partial charge on any atom is -0.489 e. The number of nitrogens with zero attached hydrogens (tertiary/aromatic N) is 2. The molecule has 1 aliphatic carbocycles. The van der Waals surface area contributed by atoms with Gasteiger partial charge < -0.3 is 9.84 Å². The van der Waals surface area contributed by atoms with Crippen molar-refractivity contribution in [1.29, 1.82) is 0 Å². The van der Waals surface area contributed by atoms with Crippen LogP contribution in [-0.2, 0) is 6.54 Å². The number of hydrogen-bond acceptors (Lipinski definition) is 4. The molecular formula is C17H19ClN2O3. The number of hydrogen-bond donors (Lipinski definition) is 1. The Balaban J connectivity index is 1.58. The molecule has 23 heavy (non-hydrogen) atoms. The largest absolute Gasteiger partial charge is 0.489 e. The molecule has 0 saturated heterocycles. The van der Waals surface area contributed by atoms with Crippen LogP contribution < -0.4 is 10.3 Å². The third-order valence-corrected chi connectivity index (χ3v) is 4.41. The SMILES string of the molecule is O=c1cc(C2CCC2)ncn1C[C@@H](O)COc1ccccc1Cl. The predicted octanol–water partition coefficient (Wildman–Crippen LogP) is 2.60. The first-order valence-corrected chi connectivity index (χ1v) is 8.13. The Morgan fingerprint density at radius 2 is 2.17 bits per heavy atom. The number of aliphatic hydroxyl groups excluding tert-OH is 1. The van der Waals surface area contributed by atoms with Crippen LogP contribution in [0.3, 0.4) is 0 Å². The van der Waals surface area contributed by atoms with Crippen molar-refractivity contribution in [2.45, 2.75) is 37.8 Å². The van der Waals surface area contributed by atoms with Crippen LogP contribution in [0.4, 0.5) is 0 Å². The predicted molar refractivity (Wildman–Crippen MR) is 88.0 cm³/mol. The zero-order valence-electron chi connectivity index (χ0n) is 12.7. The summed E-state index contributed by atoms with van der Waals surface area (Å²) in [7, 11) is 0. The molecule has 122 valence electrons. The molecule has 0 radical (unpaired) electrons. The highest BCUT2D eigenvalue weighted by atomic mass is 35.5. The number of benzene rings is 1. The van der Waals surface area contributed by atoms with Crippen LogP contribution in [0.25, 0.3) is 0 Å². The van der Waals surface area contributed by atoms with Crippen molar-refractivity contribution in [3.8, 4) is 5.75 Å². The molecule has 0 spiro atoms. The van der Waals surface area contributed by atoms with Gasteiger partial charge in [-0.3, -0.25) is 9.36 Å². The first-order chi connectivity index (χ1) is 11.1. The van der Waals surface area contributed by atoms with Gasteiger partial charge in [0, 0.05) is 12.0 Å². The molecule has 3 rings (SSSR count). The quantitative estimate of drug-likeness (QED) is 0.882. The van der Waals surface area contributed by atoms with Gasteiger partial charge in [0.2, 0.25) is 0 Å². The van der Waals surface area contributed by atoms with Gasteiger partial charge in [0.05, 0.1) is 23.6 Å². The van der Waals surface area contributed by atoms with E-state index in [0.717, 1.165) is 18.5 Å². The monoisotopic (exact) mass is 334 g/mol. The highest BCUT2D eigenvalue weighted by molar-refractivity contribution is 6.32. The van der Waals surface area contributed by atoms with Crippen LogP contribution >= 0.6 is 11.6 Å². The summed E-state index contributed by atoms with van der Waals surface area (Å²) in [5, 5.41) is 10.5. The van der Waals surface area contributed by atoms with Gasteiger partial charge in [0.15, 0.2) is 0 Å². The average molecular weight is 335 g/mol. The molecule has 0 amide bonds. The smallest absolute Gasteiger partial charge is 0.253 e. The summed E-state index contributed by atoms with van der Waals surface area (Å²) in [5.41, 5.74) is 0.720. The molecule has 1 atom stereocenters. The number of para-hydroxylation sites is 1. The molecule has 1 aliphatic rings. The van der Waals surface area contributed by atoms with Gasteiger partial charge in [-0.15, -0.1) is 0 Å². The third kappa shape index (κ3) is 3.92. The van der Waals surface area contributed by atoms with Crippen molar-refractivity contribution in [3.63, 3.8) is 0 Å². The normalized spacial score (nSPS) is 15.9. The zero-order valence-corrected chi connectivity index (χ0v) is 13.4. The van der Waals surface area contributed by atoms with E-state index in [-0.39, 0.29) is 18.7 Å². The zero-order chi connectivity index (χ0) is 16.2. The molecule has 0 aliphatic heterocycles. The van der Waals surface area contributed by atoms with Crippen LogP contribution in [0.5, 0.6) is 5.75 Å². The Morgan fingerprint density at radius 1 is 1.39 bits per heavy atom. The molecule has 1 aromatic heterocycles. The summed E-state index contributed by atoms with van der Waals surface area (Å²) in [5.74, 6) is 0.935. The van der Waals surface area contributed by atoms with Crippen molar-refractivity contribution in [3.05, 3.63) is 57.7 Å². The van der Waals surface area contributed by atoms with Gasteiger partial charge in [-0.2, -0.15) is 0 Å². The number of halogens is 1. The van der Waals surface area contributed by atoms with Crippen molar-refractivity contribution in [1.82, 2.24) is 9.55 Å². The van der Waals surface area contributed by atoms with E-state index in [4.69, 9.17) is 16.3 Å². The van der Waals surface area contributed by atoms with E-state index in [9.17, 15) is 9.90 Å². The first-order valence-electron chi connectivity index (χ1n) is 7.75. The molecule has 2 aromatic rings. The van der Waals surface area contributed by atoms with E-state index >= 15 is 0 Å². The molecule has 1 N–H and O–H groups in total. The average Bonchev–Trinajstić information content (AvgIpc) is 2.47. The van der Waals surface area contributed by atoms with E-state index < -0.39 is 6.10 Å². The fraction of sp³-hybridized carbons (Fsp3) is 0.412.